The van der Waals surface area contributed by atoms with Gasteiger partial charge in [-0.25, -0.2) is 4.68 Å². The SMILES string of the molecule is NC1(C(=O)NCc2ccccc2-n2cccn2)CCCC1. The van der Waals surface area contributed by atoms with E-state index in [2.05, 4.69) is 10.4 Å². The van der Waals surface area contributed by atoms with Gasteiger partial charge in [-0.05, 0) is 30.5 Å². The molecule has 1 aliphatic carbocycles. The lowest BCUT2D eigenvalue weighted by molar-refractivity contribution is -0.126. The van der Waals surface area contributed by atoms with Crippen LogP contribution in [0.3, 0.4) is 0 Å². The minimum atomic E-state index is -0.680. The quantitative estimate of drug-likeness (QED) is 0.898. The lowest BCUT2D eigenvalue weighted by atomic mass is 9.98. The van der Waals surface area contributed by atoms with Crippen molar-refractivity contribution in [2.45, 2.75) is 37.8 Å². The highest BCUT2D eigenvalue weighted by Crippen LogP contribution is 2.27. The standard InChI is InChI=1S/C16H20N4O/c17-16(8-3-4-9-16)15(21)18-12-13-6-1-2-7-14(13)20-11-5-10-19-20/h1-2,5-7,10-11H,3-4,8-9,12,17H2,(H,18,21). The maximum Gasteiger partial charge on any atom is 0.240 e. The Morgan fingerprint density at radius 3 is 2.76 bits per heavy atom. The summed E-state index contributed by atoms with van der Waals surface area (Å²) in [7, 11) is 0. The Bertz CT molecular complexity index is 615. The molecule has 1 amide bonds. The molecule has 1 aromatic carbocycles. The average Bonchev–Trinajstić information content (AvgIpc) is 3.17. The van der Waals surface area contributed by atoms with Gasteiger partial charge in [-0.15, -0.1) is 0 Å². The van der Waals surface area contributed by atoms with Gasteiger partial charge < -0.3 is 11.1 Å². The summed E-state index contributed by atoms with van der Waals surface area (Å²) in [6, 6.07) is 9.78. The topological polar surface area (TPSA) is 72.9 Å². The van der Waals surface area contributed by atoms with E-state index in [-0.39, 0.29) is 5.91 Å². The fraction of sp³-hybridized carbons (Fsp3) is 0.375. The van der Waals surface area contributed by atoms with Crippen molar-refractivity contribution < 1.29 is 4.79 Å². The zero-order valence-corrected chi connectivity index (χ0v) is 12.0. The molecular weight excluding hydrogens is 264 g/mol. The van der Waals surface area contributed by atoms with Crippen LogP contribution in [0.15, 0.2) is 42.7 Å². The summed E-state index contributed by atoms with van der Waals surface area (Å²) in [4.78, 5) is 12.3. The van der Waals surface area contributed by atoms with Crippen molar-refractivity contribution >= 4 is 5.91 Å². The highest BCUT2D eigenvalue weighted by molar-refractivity contribution is 5.86. The third-order valence-electron chi connectivity index (χ3n) is 4.13. The minimum absolute atomic E-state index is 0.0460. The van der Waals surface area contributed by atoms with Gasteiger partial charge in [0.15, 0.2) is 0 Å². The molecule has 5 heteroatoms. The molecule has 0 atom stereocenters. The van der Waals surface area contributed by atoms with Gasteiger partial charge in [0.2, 0.25) is 5.91 Å². The fourth-order valence-corrected chi connectivity index (χ4v) is 2.88. The predicted molar refractivity (Wildman–Crippen MR) is 80.8 cm³/mol. The van der Waals surface area contributed by atoms with E-state index >= 15 is 0 Å². The second kappa shape index (κ2) is 5.69. The summed E-state index contributed by atoms with van der Waals surface area (Å²) < 4.78 is 1.80. The van der Waals surface area contributed by atoms with Crippen molar-refractivity contribution in [2.75, 3.05) is 0 Å². The van der Waals surface area contributed by atoms with Crippen LogP contribution >= 0.6 is 0 Å². The summed E-state index contributed by atoms with van der Waals surface area (Å²) in [6.45, 7) is 0.466. The summed E-state index contributed by atoms with van der Waals surface area (Å²) >= 11 is 0. The van der Waals surface area contributed by atoms with Crippen LogP contribution in [0.25, 0.3) is 5.69 Å². The van der Waals surface area contributed by atoms with Crippen LogP contribution in [0, 0.1) is 0 Å². The van der Waals surface area contributed by atoms with E-state index in [0.717, 1.165) is 36.9 Å². The number of nitrogens with one attached hydrogen (secondary N) is 1. The molecule has 1 fully saturated rings. The monoisotopic (exact) mass is 284 g/mol. The Balaban J connectivity index is 1.73. The number of rotatable bonds is 4. The first-order valence-electron chi connectivity index (χ1n) is 7.34. The molecule has 110 valence electrons. The zero-order valence-electron chi connectivity index (χ0n) is 12.0. The Kier molecular flexibility index (Phi) is 3.75. The van der Waals surface area contributed by atoms with Gasteiger partial charge in [0.1, 0.15) is 0 Å². The van der Waals surface area contributed by atoms with Gasteiger partial charge in [0.05, 0.1) is 11.2 Å². The van der Waals surface area contributed by atoms with Crippen molar-refractivity contribution in [3.8, 4) is 5.69 Å². The van der Waals surface area contributed by atoms with E-state index in [9.17, 15) is 4.79 Å². The molecule has 2 aromatic rings. The number of nitrogens with zero attached hydrogens (tertiary/aromatic N) is 2. The van der Waals surface area contributed by atoms with Gasteiger partial charge >= 0.3 is 0 Å². The van der Waals surface area contributed by atoms with E-state index in [0.29, 0.717) is 6.54 Å². The van der Waals surface area contributed by atoms with Gasteiger partial charge in [0.25, 0.3) is 0 Å². The first-order chi connectivity index (χ1) is 10.2. The Labute approximate surface area is 124 Å². The molecule has 1 aliphatic rings. The van der Waals surface area contributed by atoms with E-state index in [1.807, 2.05) is 36.5 Å². The van der Waals surface area contributed by atoms with E-state index in [1.165, 1.54) is 0 Å². The molecule has 1 saturated carbocycles. The summed E-state index contributed by atoms with van der Waals surface area (Å²) in [5.74, 6) is -0.0460. The van der Waals surface area contributed by atoms with Crippen LogP contribution < -0.4 is 11.1 Å². The molecule has 21 heavy (non-hydrogen) atoms. The summed E-state index contributed by atoms with van der Waals surface area (Å²) in [6.07, 6.45) is 7.26. The number of carbonyl (C=O) groups is 1. The highest BCUT2D eigenvalue weighted by atomic mass is 16.2. The molecule has 5 nitrogen and oxygen atoms in total. The number of benzene rings is 1. The van der Waals surface area contributed by atoms with Crippen LogP contribution in [0.4, 0.5) is 0 Å². The van der Waals surface area contributed by atoms with Crippen molar-refractivity contribution in [3.05, 3.63) is 48.3 Å². The molecule has 0 unspecified atom stereocenters. The molecule has 1 heterocycles. The van der Waals surface area contributed by atoms with Crippen molar-refractivity contribution in [1.82, 2.24) is 15.1 Å². The Hall–Kier alpha value is -2.14. The van der Waals surface area contributed by atoms with Gasteiger partial charge in [-0.2, -0.15) is 5.10 Å². The maximum atomic E-state index is 12.3. The smallest absolute Gasteiger partial charge is 0.240 e. The van der Waals surface area contributed by atoms with Crippen LogP contribution in [-0.2, 0) is 11.3 Å². The molecule has 0 saturated heterocycles. The van der Waals surface area contributed by atoms with Gasteiger partial charge in [-0.1, -0.05) is 31.0 Å². The van der Waals surface area contributed by atoms with Crippen molar-refractivity contribution in [2.24, 2.45) is 5.73 Å². The lowest BCUT2D eigenvalue weighted by Crippen LogP contribution is -2.51. The van der Waals surface area contributed by atoms with E-state index in [4.69, 9.17) is 5.73 Å². The summed E-state index contributed by atoms with van der Waals surface area (Å²) in [5.41, 5.74) is 7.49. The molecule has 1 aromatic heterocycles. The predicted octanol–water partition coefficient (Wildman–Crippen LogP) is 1.76. The van der Waals surface area contributed by atoms with Crippen molar-refractivity contribution in [3.63, 3.8) is 0 Å². The van der Waals surface area contributed by atoms with Gasteiger partial charge in [0, 0.05) is 18.9 Å². The molecule has 3 N–H and O–H groups in total. The highest BCUT2D eigenvalue weighted by Gasteiger charge is 2.36. The molecule has 0 bridgehead atoms. The molecule has 0 radical (unpaired) electrons. The van der Waals surface area contributed by atoms with Crippen LogP contribution in [0.2, 0.25) is 0 Å². The first-order valence-corrected chi connectivity index (χ1v) is 7.34. The third kappa shape index (κ3) is 2.83. The molecular formula is C16H20N4O. The minimum Gasteiger partial charge on any atom is -0.350 e. The van der Waals surface area contributed by atoms with Crippen LogP contribution in [0.1, 0.15) is 31.2 Å². The number of hydrogen-bond donors (Lipinski definition) is 2. The number of hydrogen-bond acceptors (Lipinski definition) is 3. The first kappa shape index (κ1) is 13.8. The van der Waals surface area contributed by atoms with Crippen LogP contribution in [-0.4, -0.2) is 21.2 Å². The summed E-state index contributed by atoms with van der Waals surface area (Å²) in [5, 5.41) is 7.22. The third-order valence-corrected chi connectivity index (χ3v) is 4.13. The fourth-order valence-electron chi connectivity index (χ4n) is 2.88. The number of nitrogens with two attached hydrogens (primary N) is 1. The number of para-hydroxylation sites is 1. The lowest BCUT2D eigenvalue weighted by Gasteiger charge is -2.22. The Morgan fingerprint density at radius 2 is 2.05 bits per heavy atom. The largest absolute Gasteiger partial charge is 0.350 e. The zero-order chi connectivity index (χ0) is 14.7. The van der Waals surface area contributed by atoms with Crippen molar-refractivity contribution in [1.29, 1.82) is 0 Å². The number of carbonyl (C=O) groups excluding carboxylic acids is 1. The second-order valence-electron chi connectivity index (χ2n) is 5.63. The maximum absolute atomic E-state index is 12.3. The molecule has 0 aliphatic heterocycles. The Morgan fingerprint density at radius 1 is 1.29 bits per heavy atom. The van der Waals surface area contributed by atoms with E-state index < -0.39 is 5.54 Å². The number of amides is 1. The van der Waals surface area contributed by atoms with E-state index in [1.54, 1.807) is 10.9 Å². The van der Waals surface area contributed by atoms with Crippen LogP contribution in [0.5, 0.6) is 0 Å². The average molecular weight is 284 g/mol. The van der Waals surface area contributed by atoms with Gasteiger partial charge in [-0.3, -0.25) is 4.79 Å². The molecule has 0 spiro atoms. The second-order valence-corrected chi connectivity index (χ2v) is 5.63. The molecule has 3 rings (SSSR count). The normalized spacial score (nSPS) is 16.8. The number of aromatic nitrogens is 2.